The van der Waals surface area contributed by atoms with Gasteiger partial charge in [0.1, 0.15) is 23.0 Å². The molecule has 1 aliphatic carbocycles. The van der Waals surface area contributed by atoms with Gasteiger partial charge in [-0.15, -0.1) is 0 Å². The van der Waals surface area contributed by atoms with Crippen LogP contribution in [0.25, 0.3) is 22.3 Å². The van der Waals surface area contributed by atoms with Gasteiger partial charge in [-0.1, -0.05) is 181 Å². The number of hydrogen-bond donors (Lipinski definition) is 0. The maximum atomic E-state index is 15.6. The number of carbonyl (C=O) groups is 1. The van der Waals surface area contributed by atoms with Crippen molar-refractivity contribution in [3.05, 3.63) is 334 Å². The van der Waals surface area contributed by atoms with Gasteiger partial charge in [0.25, 0.3) is 0 Å². The summed E-state index contributed by atoms with van der Waals surface area (Å²) in [7, 11) is 0. The van der Waals surface area contributed by atoms with Crippen molar-refractivity contribution in [2.24, 2.45) is 0 Å². The lowest BCUT2D eigenvalue weighted by atomic mass is 9.89. The first-order valence-corrected chi connectivity index (χ1v) is 25.3. The van der Waals surface area contributed by atoms with Crippen LogP contribution < -0.4 is 9.47 Å². The number of ketones is 1. The lowest BCUT2D eigenvalue weighted by molar-refractivity contribution is -0.108. The molecule has 0 amide bonds. The molecule has 0 spiro atoms. The zero-order valence-corrected chi connectivity index (χ0v) is 41.8. The third-order valence-corrected chi connectivity index (χ3v) is 12.8. The summed E-state index contributed by atoms with van der Waals surface area (Å²) in [5.74, 6) is 28.7. The summed E-state index contributed by atoms with van der Waals surface area (Å²) in [6.45, 7) is 0. The standard InChI is InChI=1S/C74H46O3/c75-74-72(64-38-30-59(31-39-64)27-24-55-16-7-2-8-17-55)70(62-42-50-68(51-43-62)76-66-46-34-58(35-47-66)23-13-22-54-14-5-1-6-15-54)71(73(74)65-40-32-60(33-41-65)28-25-56-18-9-3-10-19-56)63-44-52-69(53-45-63)77-67-48-36-61(37-49-67)29-26-57-20-11-4-12-21-57/h1-12,14-21,30-53H,23H2. The van der Waals surface area contributed by atoms with Crippen molar-refractivity contribution in [1.82, 2.24) is 0 Å². The maximum Gasteiger partial charge on any atom is 0.195 e. The molecule has 0 heterocycles. The van der Waals surface area contributed by atoms with E-state index in [9.17, 15) is 0 Å². The minimum Gasteiger partial charge on any atom is -0.457 e. The Balaban J connectivity index is 0.952. The van der Waals surface area contributed by atoms with E-state index in [2.05, 4.69) is 47.4 Å². The van der Waals surface area contributed by atoms with Crippen LogP contribution in [0.4, 0.5) is 0 Å². The number of allylic oxidation sites excluding steroid dienone is 4. The van der Waals surface area contributed by atoms with Crippen LogP contribution >= 0.6 is 0 Å². The number of carbonyl (C=O) groups excluding carboxylic acids is 1. The monoisotopic (exact) mass is 982 g/mol. The predicted octanol–water partition coefficient (Wildman–Crippen LogP) is 16.2. The number of ether oxygens (including phenoxy) is 2. The van der Waals surface area contributed by atoms with E-state index in [0.29, 0.717) is 40.6 Å². The normalized spacial score (nSPS) is 11.5. The minimum atomic E-state index is -0.0918. The Kier molecular flexibility index (Phi) is 14.7. The first-order valence-electron chi connectivity index (χ1n) is 25.3. The van der Waals surface area contributed by atoms with Gasteiger partial charge in [0, 0.05) is 67.7 Å². The molecular formula is C74H46O3. The van der Waals surface area contributed by atoms with Crippen molar-refractivity contribution in [3.8, 4) is 70.4 Å². The Morgan fingerprint density at radius 1 is 0.247 bits per heavy atom. The fourth-order valence-electron chi connectivity index (χ4n) is 8.87. The molecule has 0 unspecified atom stereocenters. The molecule has 0 bridgehead atoms. The van der Waals surface area contributed by atoms with Crippen LogP contribution in [0.2, 0.25) is 0 Å². The zero-order chi connectivity index (χ0) is 52.0. The molecule has 0 saturated carbocycles. The van der Waals surface area contributed by atoms with E-state index in [1.807, 2.05) is 267 Å². The van der Waals surface area contributed by atoms with Crippen LogP contribution in [-0.2, 0) is 11.2 Å². The summed E-state index contributed by atoms with van der Waals surface area (Å²) in [6.07, 6.45) is 0.629. The van der Waals surface area contributed by atoms with E-state index < -0.39 is 0 Å². The van der Waals surface area contributed by atoms with Crippen molar-refractivity contribution in [2.75, 3.05) is 0 Å². The quantitative estimate of drug-likeness (QED) is 0.135. The third-order valence-electron chi connectivity index (χ3n) is 12.8. The summed E-state index contributed by atoms with van der Waals surface area (Å²) in [5.41, 5.74) is 13.5. The van der Waals surface area contributed by atoms with E-state index >= 15 is 4.79 Å². The fraction of sp³-hybridized carbons (Fsp3) is 0.0135. The van der Waals surface area contributed by atoms with Gasteiger partial charge in [-0.3, -0.25) is 4.79 Å². The van der Waals surface area contributed by atoms with E-state index in [1.165, 1.54) is 0 Å². The molecule has 10 aromatic carbocycles. The van der Waals surface area contributed by atoms with Gasteiger partial charge in [0.15, 0.2) is 5.78 Å². The van der Waals surface area contributed by atoms with Crippen molar-refractivity contribution in [3.63, 3.8) is 0 Å². The Morgan fingerprint density at radius 3 is 0.831 bits per heavy atom. The predicted molar refractivity (Wildman–Crippen MR) is 312 cm³/mol. The van der Waals surface area contributed by atoms with Crippen molar-refractivity contribution in [2.45, 2.75) is 6.42 Å². The zero-order valence-electron chi connectivity index (χ0n) is 41.8. The largest absolute Gasteiger partial charge is 0.457 e. The molecule has 11 rings (SSSR count). The first-order chi connectivity index (χ1) is 38.0. The molecule has 3 heteroatoms. The van der Waals surface area contributed by atoms with Crippen LogP contribution in [0.15, 0.2) is 267 Å². The Hall–Kier alpha value is -10.8. The topological polar surface area (TPSA) is 35.5 Å². The fourth-order valence-corrected chi connectivity index (χ4v) is 8.87. The number of Topliss-reactive ketones (excluding diaryl/α,β-unsaturated/α-hetero) is 1. The summed E-state index contributed by atoms with van der Waals surface area (Å²) < 4.78 is 12.8. The summed E-state index contributed by atoms with van der Waals surface area (Å²) in [5, 5.41) is 0. The molecular weight excluding hydrogens is 937 g/mol. The van der Waals surface area contributed by atoms with Gasteiger partial charge in [-0.2, -0.15) is 0 Å². The van der Waals surface area contributed by atoms with Crippen LogP contribution in [0, 0.1) is 47.4 Å². The molecule has 360 valence electrons. The van der Waals surface area contributed by atoms with Crippen molar-refractivity contribution >= 4 is 28.1 Å². The van der Waals surface area contributed by atoms with Crippen molar-refractivity contribution in [1.29, 1.82) is 0 Å². The van der Waals surface area contributed by atoms with E-state index in [1.54, 1.807) is 0 Å². The third kappa shape index (κ3) is 12.2. The second kappa shape index (κ2) is 23.4. The average Bonchev–Trinajstić information content (AvgIpc) is 3.96. The molecule has 0 atom stereocenters. The summed E-state index contributed by atoms with van der Waals surface area (Å²) >= 11 is 0. The highest BCUT2D eigenvalue weighted by molar-refractivity contribution is 6.59. The van der Waals surface area contributed by atoms with Gasteiger partial charge in [-0.05, 0) is 161 Å². The smallest absolute Gasteiger partial charge is 0.195 e. The highest BCUT2D eigenvalue weighted by atomic mass is 16.5. The molecule has 0 aromatic heterocycles. The molecule has 0 radical (unpaired) electrons. The Morgan fingerprint density at radius 2 is 0.494 bits per heavy atom. The van der Waals surface area contributed by atoms with Crippen LogP contribution in [0.5, 0.6) is 23.0 Å². The maximum absolute atomic E-state index is 15.6. The molecule has 1 aliphatic rings. The van der Waals surface area contributed by atoms with Gasteiger partial charge < -0.3 is 9.47 Å². The van der Waals surface area contributed by atoms with Gasteiger partial charge in [0.2, 0.25) is 0 Å². The van der Waals surface area contributed by atoms with E-state index in [0.717, 1.165) is 77.9 Å². The second-order valence-electron chi connectivity index (χ2n) is 18.1. The van der Waals surface area contributed by atoms with Gasteiger partial charge in [-0.25, -0.2) is 0 Å². The molecule has 0 N–H and O–H groups in total. The Bertz CT molecular complexity index is 4040. The lowest BCUT2D eigenvalue weighted by Crippen LogP contribution is -2.02. The average molecular weight is 983 g/mol. The van der Waals surface area contributed by atoms with Crippen molar-refractivity contribution < 1.29 is 14.3 Å². The first kappa shape index (κ1) is 48.5. The number of rotatable bonds is 9. The van der Waals surface area contributed by atoms with E-state index in [-0.39, 0.29) is 5.78 Å². The molecule has 0 saturated heterocycles. The highest BCUT2D eigenvalue weighted by Gasteiger charge is 2.35. The van der Waals surface area contributed by atoms with Crippen LogP contribution in [0.3, 0.4) is 0 Å². The molecule has 10 aromatic rings. The van der Waals surface area contributed by atoms with Gasteiger partial charge >= 0.3 is 0 Å². The number of hydrogen-bond acceptors (Lipinski definition) is 3. The molecule has 0 fully saturated rings. The number of benzene rings is 10. The minimum absolute atomic E-state index is 0.0918. The summed E-state index contributed by atoms with van der Waals surface area (Å²) in [4.78, 5) is 15.6. The highest BCUT2D eigenvalue weighted by Crippen LogP contribution is 2.50. The lowest BCUT2D eigenvalue weighted by Gasteiger charge is -2.15. The summed E-state index contributed by atoms with van der Waals surface area (Å²) in [6, 6.07) is 87.3. The molecule has 0 aliphatic heterocycles. The van der Waals surface area contributed by atoms with E-state index in [4.69, 9.17) is 9.47 Å². The second-order valence-corrected chi connectivity index (χ2v) is 18.1. The van der Waals surface area contributed by atoms with Gasteiger partial charge in [0.05, 0.1) is 0 Å². The molecule has 3 nitrogen and oxygen atoms in total. The Labute approximate surface area is 450 Å². The molecule has 77 heavy (non-hydrogen) atoms. The van der Waals surface area contributed by atoms with Crippen LogP contribution in [-0.4, -0.2) is 5.78 Å². The SMILES string of the molecule is O=C1C(c2ccc(C#Cc3ccccc3)cc2)=C(c2ccc(Oc3ccc(C#Cc4ccccc4)cc3)cc2)C(c2ccc(Oc3ccc(CC#Cc4ccccc4)cc3)cc2)=C1c1ccc(C#Cc2ccccc2)cc1. The van der Waals surface area contributed by atoms with Crippen LogP contribution in [0.1, 0.15) is 66.8 Å².